The SMILES string of the molecule is CC(C)OC(O)CC=CCC=CCCCCCO. The Morgan fingerprint density at radius 3 is 2.39 bits per heavy atom. The molecule has 0 aliphatic carbocycles. The maximum absolute atomic E-state index is 9.43. The van der Waals surface area contributed by atoms with Gasteiger partial charge in [-0.3, -0.25) is 0 Å². The van der Waals surface area contributed by atoms with Gasteiger partial charge in [0.05, 0.1) is 6.10 Å². The second-order valence-electron chi connectivity index (χ2n) is 4.63. The van der Waals surface area contributed by atoms with Gasteiger partial charge in [0.25, 0.3) is 0 Å². The molecule has 1 unspecified atom stereocenters. The minimum absolute atomic E-state index is 0.0622. The summed E-state index contributed by atoms with van der Waals surface area (Å²) in [5.74, 6) is 0. The largest absolute Gasteiger partial charge is 0.396 e. The highest BCUT2D eigenvalue weighted by molar-refractivity contribution is 4.93. The summed E-state index contributed by atoms with van der Waals surface area (Å²) >= 11 is 0. The molecule has 0 saturated heterocycles. The molecule has 0 aromatic rings. The van der Waals surface area contributed by atoms with Crippen LogP contribution in [0, 0.1) is 0 Å². The molecule has 0 aliphatic heterocycles. The van der Waals surface area contributed by atoms with Crippen LogP contribution >= 0.6 is 0 Å². The van der Waals surface area contributed by atoms with E-state index in [1.807, 2.05) is 26.0 Å². The Morgan fingerprint density at radius 1 is 1.00 bits per heavy atom. The average Bonchev–Trinajstić information content (AvgIpc) is 2.30. The first kappa shape index (κ1) is 17.4. The van der Waals surface area contributed by atoms with Gasteiger partial charge in [-0.25, -0.2) is 0 Å². The topological polar surface area (TPSA) is 49.7 Å². The van der Waals surface area contributed by atoms with E-state index < -0.39 is 6.29 Å². The van der Waals surface area contributed by atoms with E-state index in [1.54, 1.807) is 0 Å². The number of unbranched alkanes of at least 4 members (excludes halogenated alkanes) is 3. The summed E-state index contributed by atoms with van der Waals surface area (Å²) in [6, 6.07) is 0. The molecule has 0 aliphatic rings. The van der Waals surface area contributed by atoms with Crippen molar-refractivity contribution in [2.24, 2.45) is 0 Å². The van der Waals surface area contributed by atoms with Gasteiger partial charge in [0, 0.05) is 13.0 Å². The molecule has 3 heteroatoms. The zero-order valence-corrected chi connectivity index (χ0v) is 11.7. The van der Waals surface area contributed by atoms with Crippen LogP contribution in [0.4, 0.5) is 0 Å². The maximum Gasteiger partial charge on any atom is 0.158 e. The van der Waals surface area contributed by atoms with Crippen LogP contribution in [-0.4, -0.2) is 29.2 Å². The van der Waals surface area contributed by atoms with E-state index in [1.165, 1.54) is 0 Å². The van der Waals surface area contributed by atoms with E-state index in [-0.39, 0.29) is 6.10 Å². The molecule has 3 nitrogen and oxygen atoms in total. The first-order chi connectivity index (χ1) is 8.66. The fourth-order valence-corrected chi connectivity index (χ4v) is 1.52. The highest BCUT2D eigenvalue weighted by Gasteiger charge is 2.02. The van der Waals surface area contributed by atoms with Crippen LogP contribution in [0.3, 0.4) is 0 Å². The van der Waals surface area contributed by atoms with Crippen molar-refractivity contribution in [2.75, 3.05) is 6.61 Å². The number of hydrogen-bond donors (Lipinski definition) is 2. The van der Waals surface area contributed by atoms with Gasteiger partial charge in [0.1, 0.15) is 0 Å². The number of aliphatic hydroxyl groups excluding tert-OH is 2. The lowest BCUT2D eigenvalue weighted by Crippen LogP contribution is -2.15. The van der Waals surface area contributed by atoms with Crippen molar-refractivity contribution >= 4 is 0 Å². The van der Waals surface area contributed by atoms with E-state index in [9.17, 15) is 5.11 Å². The monoisotopic (exact) mass is 256 g/mol. The molecule has 0 aromatic carbocycles. The minimum Gasteiger partial charge on any atom is -0.396 e. The van der Waals surface area contributed by atoms with Crippen molar-refractivity contribution in [3.05, 3.63) is 24.3 Å². The number of rotatable bonds is 11. The first-order valence-electron chi connectivity index (χ1n) is 6.91. The lowest BCUT2D eigenvalue weighted by molar-refractivity contribution is -0.122. The summed E-state index contributed by atoms with van der Waals surface area (Å²) in [6.07, 6.45) is 13.3. The van der Waals surface area contributed by atoms with Gasteiger partial charge < -0.3 is 14.9 Å². The van der Waals surface area contributed by atoms with Crippen LogP contribution in [0.15, 0.2) is 24.3 Å². The second kappa shape index (κ2) is 12.8. The smallest absolute Gasteiger partial charge is 0.158 e. The summed E-state index contributed by atoms with van der Waals surface area (Å²) in [7, 11) is 0. The number of ether oxygens (including phenoxy) is 1. The van der Waals surface area contributed by atoms with E-state index >= 15 is 0 Å². The molecular formula is C15H28O3. The third kappa shape index (κ3) is 13.4. The molecule has 1 atom stereocenters. The molecule has 0 spiro atoms. The molecule has 0 rings (SSSR count). The maximum atomic E-state index is 9.43. The molecule has 106 valence electrons. The highest BCUT2D eigenvalue weighted by Crippen LogP contribution is 2.02. The van der Waals surface area contributed by atoms with Gasteiger partial charge in [-0.2, -0.15) is 0 Å². The molecule has 0 aromatic heterocycles. The zero-order chi connectivity index (χ0) is 13.6. The summed E-state index contributed by atoms with van der Waals surface area (Å²) in [4.78, 5) is 0. The quantitative estimate of drug-likeness (QED) is 0.339. The van der Waals surface area contributed by atoms with Crippen LogP contribution < -0.4 is 0 Å². The average molecular weight is 256 g/mol. The van der Waals surface area contributed by atoms with Gasteiger partial charge >= 0.3 is 0 Å². The molecule has 0 saturated carbocycles. The molecule has 0 bridgehead atoms. The first-order valence-corrected chi connectivity index (χ1v) is 6.91. The Hall–Kier alpha value is -0.640. The van der Waals surface area contributed by atoms with Crippen LogP contribution in [0.2, 0.25) is 0 Å². The molecule has 0 heterocycles. The van der Waals surface area contributed by atoms with E-state index in [0.29, 0.717) is 13.0 Å². The normalized spacial score (nSPS) is 14.1. The highest BCUT2D eigenvalue weighted by atomic mass is 16.6. The molecule has 2 N–H and O–H groups in total. The molecule has 0 radical (unpaired) electrons. The lowest BCUT2D eigenvalue weighted by atomic mass is 10.2. The fourth-order valence-electron chi connectivity index (χ4n) is 1.52. The molecule has 0 amide bonds. The molecule has 0 fully saturated rings. The Morgan fingerprint density at radius 2 is 1.72 bits per heavy atom. The number of allylic oxidation sites excluding steroid dienone is 3. The summed E-state index contributed by atoms with van der Waals surface area (Å²) in [6.45, 7) is 4.12. The van der Waals surface area contributed by atoms with Crippen LogP contribution in [0.1, 0.15) is 52.4 Å². The minimum atomic E-state index is -0.691. The Bertz CT molecular complexity index is 222. The van der Waals surface area contributed by atoms with Crippen molar-refractivity contribution in [1.29, 1.82) is 0 Å². The van der Waals surface area contributed by atoms with Crippen molar-refractivity contribution in [3.63, 3.8) is 0 Å². The van der Waals surface area contributed by atoms with Crippen molar-refractivity contribution in [2.45, 2.75) is 64.8 Å². The van der Waals surface area contributed by atoms with Gasteiger partial charge in [0.15, 0.2) is 6.29 Å². The second-order valence-corrected chi connectivity index (χ2v) is 4.63. The van der Waals surface area contributed by atoms with Gasteiger partial charge in [-0.1, -0.05) is 30.7 Å². The van der Waals surface area contributed by atoms with Crippen LogP contribution in [0.5, 0.6) is 0 Å². The zero-order valence-electron chi connectivity index (χ0n) is 11.7. The third-order valence-electron chi connectivity index (χ3n) is 2.40. The summed E-state index contributed by atoms with van der Waals surface area (Å²) in [5, 5.41) is 18.0. The van der Waals surface area contributed by atoms with Crippen molar-refractivity contribution in [3.8, 4) is 0 Å². The van der Waals surface area contributed by atoms with E-state index in [4.69, 9.17) is 9.84 Å². The predicted octanol–water partition coefficient (Wildman–Crippen LogP) is 3.18. The summed E-state index contributed by atoms with van der Waals surface area (Å²) in [5.41, 5.74) is 0. The third-order valence-corrected chi connectivity index (χ3v) is 2.40. The van der Waals surface area contributed by atoms with E-state index in [0.717, 1.165) is 32.1 Å². The number of aliphatic hydroxyl groups is 2. The molecule has 18 heavy (non-hydrogen) atoms. The van der Waals surface area contributed by atoms with Gasteiger partial charge in [-0.05, 0) is 39.5 Å². The Balaban J connectivity index is 3.39. The lowest BCUT2D eigenvalue weighted by Gasteiger charge is -2.12. The van der Waals surface area contributed by atoms with E-state index in [2.05, 4.69) is 12.2 Å². The Kier molecular flexibility index (Phi) is 12.4. The van der Waals surface area contributed by atoms with Crippen molar-refractivity contribution in [1.82, 2.24) is 0 Å². The van der Waals surface area contributed by atoms with Gasteiger partial charge in [0.2, 0.25) is 0 Å². The number of hydrogen-bond acceptors (Lipinski definition) is 3. The fraction of sp³-hybridized carbons (Fsp3) is 0.733. The Labute approximate surface area is 111 Å². The summed E-state index contributed by atoms with van der Waals surface area (Å²) < 4.78 is 5.20. The predicted molar refractivity (Wildman–Crippen MR) is 75.3 cm³/mol. The standard InChI is InChI=1S/C15H28O3/c1-14(2)18-15(17)12-10-8-6-4-3-5-7-9-11-13-16/h3-4,8,10,14-17H,5-7,9,11-13H2,1-2H3. The van der Waals surface area contributed by atoms with Gasteiger partial charge in [-0.15, -0.1) is 0 Å². The van der Waals surface area contributed by atoms with Crippen LogP contribution in [0.25, 0.3) is 0 Å². The molecular weight excluding hydrogens is 228 g/mol. The van der Waals surface area contributed by atoms with Crippen molar-refractivity contribution < 1.29 is 14.9 Å². The van der Waals surface area contributed by atoms with Crippen LogP contribution in [-0.2, 0) is 4.74 Å².